The molecule has 1 unspecified atom stereocenters. The van der Waals surface area contributed by atoms with Crippen LogP contribution in [0.5, 0.6) is 0 Å². The van der Waals surface area contributed by atoms with Crippen molar-refractivity contribution < 1.29 is 5.11 Å². The molecule has 0 aromatic carbocycles. The molecule has 3 nitrogen and oxygen atoms in total. The van der Waals surface area contributed by atoms with E-state index in [4.69, 9.17) is 5.11 Å². The SMILES string of the molecule is CNC(CCO)c1cncs1. The molecule has 1 aromatic rings. The van der Waals surface area contributed by atoms with E-state index in [0.717, 1.165) is 6.42 Å². The van der Waals surface area contributed by atoms with Crippen molar-refractivity contribution in [3.8, 4) is 0 Å². The van der Waals surface area contributed by atoms with Crippen LogP contribution in [0.3, 0.4) is 0 Å². The lowest BCUT2D eigenvalue weighted by Crippen LogP contribution is -2.16. The molecule has 0 aliphatic carbocycles. The number of rotatable bonds is 4. The first-order chi connectivity index (χ1) is 5.38. The minimum Gasteiger partial charge on any atom is -0.396 e. The predicted octanol–water partition coefficient (Wildman–Crippen LogP) is 0.786. The normalized spacial score (nSPS) is 13.3. The number of thiazole rings is 1. The summed E-state index contributed by atoms with van der Waals surface area (Å²) in [5.41, 5.74) is 1.80. The van der Waals surface area contributed by atoms with Crippen molar-refractivity contribution in [1.82, 2.24) is 10.3 Å². The van der Waals surface area contributed by atoms with Crippen LogP contribution in [0.1, 0.15) is 17.3 Å². The van der Waals surface area contributed by atoms with Crippen molar-refractivity contribution in [2.24, 2.45) is 0 Å². The van der Waals surface area contributed by atoms with Crippen LogP contribution in [-0.2, 0) is 0 Å². The fourth-order valence-corrected chi connectivity index (χ4v) is 1.72. The summed E-state index contributed by atoms with van der Waals surface area (Å²) in [5, 5.41) is 11.8. The maximum absolute atomic E-state index is 8.71. The maximum atomic E-state index is 8.71. The Morgan fingerprint density at radius 3 is 3.09 bits per heavy atom. The summed E-state index contributed by atoms with van der Waals surface area (Å²) in [4.78, 5) is 5.15. The van der Waals surface area contributed by atoms with Gasteiger partial charge in [-0.1, -0.05) is 0 Å². The monoisotopic (exact) mass is 172 g/mol. The van der Waals surface area contributed by atoms with Gasteiger partial charge in [0.25, 0.3) is 0 Å². The number of aliphatic hydroxyl groups is 1. The zero-order chi connectivity index (χ0) is 8.10. The second-order valence-corrected chi connectivity index (χ2v) is 3.18. The molecular formula is C7H12N2OS. The molecule has 4 heteroatoms. The second kappa shape index (κ2) is 4.43. The van der Waals surface area contributed by atoms with Gasteiger partial charge in [-0.15, -0.1) is 11.3 Å². The van der Waals surface area contributed by atoms with E-state index in [1.807, 2.05) is 13.2 Å². The standard InChI is InChI=1S/C7H12N2OS/c1-8-6(2-3-10)7-4-9-5-11-7/h4-6,8,10H,2-3H2,1H3. The summed E-state index contributed by atoms with van der Waals surface area (Å²) in [5.74, 6) is 0. The predicted molar refractivity (Wildman–Crippen MR) is 45.6 cm³/mol. The summed E-state index contributed by atoms with van der Waals surface area (Å²) < 4.78 is 0. The van der Waals surface area contributed by atoms with Crippen LogP contribution in [0.4, 0.5) is 0 Å². The second-order valence-electron chi connectivity index (χ2n) is 2.26. The molecule has 11 heavy (non-hydrogen) atoms. The molecule has 0 fully saturated rings. The van der Waals surface area contributed by atoms with Crippen molar-refractivity contribution >= 4 is 11.3 Å². The number of aliphatic hydroxyl groups excluding tert-OH is 1. The lowest BCUT2D eigenvalue weighted by molar-refractivity contribution is 0.269. The molecule has 0 radical (unpaired) electrons. The molecule has 0 spiro atoms. The van der Waals surface area contributed by atoms with Crippen LogP contribution in [0.25, 0.3) is 0 Å². The van der Waals surface area contributed by atoms with Crippen molar-refractivity contribution in [2.75, 3.05) is 13.7 Å². The molecule has 1 heterocycles. The molecule has 1 atom stereocenters. The molecule has 0 amide bonds. The average Bonchev–Trinajstić information content (AvgIpc) is 2.52. The fourth-order valence-electron chi connectivity index (χ4n) is 0.956. The van der Waals surface area contributed by atoms with Crippen LogP contribution >= 0.6 is 11.3 Å². The summed E-state index contributed by atoms with van der Waals surface area (Å²) in [6.45, 7) is 0.212. The third-order valence-electron chi connectivity index (χ3n) is 1.56. The first-order valence-electron chi connectivity index (χ1n) is 3.55. The van der Waals surface area contributed by atoms with Crippen LogP contribution in [0.15, 0.2) is 11.7 Å². The topological polar surface area (TPSA) is 45.1 Å². The number of nitrogens with zero attached hydrogens (tertiary/aromatic N) is 1. The molecule has 2 N–H and O–H groups in total. The Morgan fingerprint density at radius 1 is 1.82 bits per heavy atom. The number of hydrogen-bond acceptors (Lipinski definition) is 4. The van der Waals surface area contributed by atoms with E-state index in [1.165, 1.54) is 4.88 Å². The molecule has 1 rings (SSSR count). The Balaban J connectivity index is 2.56. The summed E-state index contributed by atoms with van der Waals surface area (Å²) >= 11 is 1.61. The number of hydrogen-bond donors (Lipinski definition) is 2. The van der Waals surface area contributed by atoms with Gasteiger partial charge >= 0.3 is 0 Å². The van der Waals surface area contributed by atoms with Gasteiger partial charge in [-0.25, -0.2) is 0 Å². The zero-order valence-electron chi connectivity index (χ0n) is 6.45. The molecule has 0 saturated carbocycles. The maximum Gasteiger partial charge on any atom is 0.0794 e. The van der Waals surface area contributed by atoms with Gasteiger partial charge in [0.05, 0.1) is 5.51 Å². The first-order valence-corrected chi connectivity index (χ1v) is 4.43. The highest BCUT2D eigenvalue weighted by Crippen LogP contribution is 2.18. The Kier molecular flexibility index (Phi) is 3.48. The van der Waals surface area contributed by atoms with Gasteiger partial charge in [0.2, 0.25) is 0 Å². The van der Waals surface area contributed by atoms with Crippen molar-refractivity contribution in [2.45, 2.75) is 12.5 Å². The molecule has 0 bridgehead atoms. The number of aromatic nitrogens is 1. The van der Waals surface area contributed by atoms with E-state index in [0.29, 0.717) is 0 Å². The smallest absolute Gasteiger partial charge is 0.0794 e. The van der Waals surface area contributed by atoms with Crippen molar-refractivity contribution in [3.63, 3.8) is 0 Å². The van der Waals surface area contributed by atoms with E-state index in [1.54, 1.807) is 16.8 Å². The molecule has 0 aliphatic heterocycles. The van der Waals surface area contributed by atoms with Crippen LogP contribution in [-0.4, -0.2) is 23.7 Å². The first kappa shape index (κ1) is 8.64. The van der Waals surface area contributed by atoms with Gasteiger partial charge in [0.15, 0.2) is 0 Å². The van der Waals surface area contributed by atoms with Gasteiger partial charge < -0.3 is 10.4 Å². The average molecular weight is 172 g/mol. The molecular weight excluding hydrogens is 160 g/mol. The highest BCUT2D eigenvalue weighted by atomic mass is 32.1. The lowest BCUT2D eigenvalue weighted by atomic mass is 10.2. The van der Waals surface area contributed by atoms with Crippen LogP contribution < -0.4 is 5.32 Å². The Bertz CT molecular complexity index is 188. The Labute approximate surface area is 70.1 Å². The Hall–Kier alpha value is -0.450. The zero-order valence-corrected chi connectivity index (χ0v) is 7.27. The largest absolute Gasteiger partial charge is 0.396 e. The molecule has 0 aliphatic rings. The van der Waals surface area contributed by atoms with E-state index in [2.05, 4.69) is 10.3 Å². The fraction of sp³-hybridized carbons (Fsp3) is 0.571. The highest BCUT2D eigenvalue weighted by molar-refractivity contribution is 7.09. The van der Waals surface area contributed by atoms with Gasteiger partial charge in [-0.2, -0.15) is 0 Å². The van der Waals surface area contributed by atoms with Gasteiger partial charge in [0, 0.05) is 23.7 Å². The summed E-state index contributed by atoms with van der Waals surface area (Å²) in [7, 11) is 1.89. The quantitative estimate of drug-likeness (QED) is 0.705. The third-order valence-corrected chi connectivity index (χ3v) is 2.45. The molecule has 62 valence electrons. The minimum absolute atomic E-state index is 0.212. The minimum atomic E-state index is 0.212. The summed E-state index contributed by atoms with van der Waals surface area (Å²) in [6.07, 6.45) is 2.58. The van der Waals surface area contributed by atoms with Gasteiger partial charge in [-0.3, -0.25) is 4.98 Å². The van der Waals surface area contributed by atoms with Gasteiger partial charge in [-0.05, 0) is 13.5 Å². The van der Waals surface area contributed by atoms with E-state index in [-0.39, 0.29) is 12.6 Å². The molecule has 1 aromatic heterocycles. The van der Waals surface area contributed by atoms with Crippen LogP contribution in [0.2, 0.25) is 0 Å². The molecule has 0 saturated heterocycles. The van der Waals surface area contributed by atoms with Gasteiger partial charge in [0.1, 0.15) is 0 Å². The third kappa shape index (κ3) is 2.25. The number of nitrogens with one attached hydrogen (secondary N) is 1. The van der Waals surface area contributed by atoms with E-state index in [9.17, 15) is 0 Å². The lowest BCUT2D eigenvalue weighted by Gasteiger charge is -2.11. The highest BCUT2D eigenvalue weighted by Gasteiger charge is 2.08. The van der Waals surface area contributed by atoms with E-state index < -0.39 is 0 Å². The Morgan fingerprint density at radius 2 is 2.64 bits per heavy atom. The van der Waals surface area contributed by atoms with Crippen molar-refractivity contribution in [1.29, 1.82) is 0 Å². The van der Waals surface area contributed by atoms with Crippen LogP contribution in [0, 0.1) is 0 Å². The van der Waals surface area contributed by atoms with Crippen molar-refractivity contribution in [3.05, 3.63) is 16.6 Å². The van der Waals surface area contributed by atoms with E-state index >= 15 is 0 Å². The summed E-state index contributed by atoms with van der Waals surface area (Å²) in [6, 6.07) is 0.257.